The molecule has 2 unspecified atom stereocenters. The summed E-state index contributed by atoms with van der Waals surface area (Å²) in [6, 6.07) is 19.3. The van der Waals surface area contributed by atoms with E-state index in [1.807, 2.05) is 36.5 Å². The molecule has 2 aromatic carbocycles. The van der Waals surface area contributed by atoms with Crippen molar-refractivity contribution in [3.63, 3.8) is 0 Å². The number of fused-ring (bicyclic) bond motifs is 1. The second-order valence-electron chi connectivity index (χ2n) is 11.7. The second kappa shape index (κ2) is 21.5. The molecule has 0 bridgehead atoms. The quantitative estimate of drug-likeness (QED) is 0.0532. The molecule has 0 aliphatic carbocycles. The smallest absolute Gasteiger partial charge is 0.319 e. The number of hydrogen-bond donors (Lipinski definition) is 0. The van der Waals surface area contributed by atoms with E-state index in [4.69, 9.17) is 18.5 Å². The standard InChI is InChI=1S/C36H54NO6P/c1-3-4-5-6-7-8-9-10-11-12-13-14-15-18-28-41-30-35(40-2)31-42-44(38,39)43-34-25-23-32(24-26-34)29-37-27-19-21-33-20-16-17-22-36(33)37/h16-17,19-27,35H,3-15,18,28-31H2,1-2H3. The van der Waals surface area contributed by atoms with Crippen LogP contribution < -0.4 is 14.0 Å². The van der Waals surface area contributed by atoms with Crippen LogP contribution in [0.3, 0.4) is 0 Å². The van der Waals surface area contributed by atoms with Gasteiger partial charge in [-0.3, -0.25) is 4.57 Å². The minimum atomic E-state index is -4.56. The van der Waals surface area contributed by atoms with E-state index in [-0.39, 0.29) is 19.0 Å². The molecule has 0 amide bonds. The molecule has 8 heteroatoms. The molecule has 3 rings (SSSR count). The zero-order valence-corrected chi connectivity index (χ0v) is 27.9. The number of nitrogens with zero attached hydrogens (tertiary/aromatic N) is 1. The molecular weight excluding hydrogens is 573 g/mol. The number of unbranched alkanes of at least 4 members (excludes halogenated alkanes) is 13. The minimum Gasteiger partial charge on any atom is -0.746 e. The minimum absolute atomic E-state index is 0.161. The molecule has 0 saturated carbocycles. The van der Waals surface area contributed by atoms with E-state index in [1.165, 1.54) is 84.2 Å². The average Bonchev–Trinajstić information content (AvgIpc) is 3.03. The summed E-state index contributed by atoms with van der Waals surface area (Å²) >= 11 is 0. The van der Waals surface area contributed by atoms with Crippen LogP contribution in [0.1, 0.15) is 102 Å². The van der Waals surface area contributed by atoms with E-state index in [9.17, 15) is 9.46 Å². The van der Waals surface area contributed by atoms with Crippen LogP contribution in [-0.2, 0) is 25.1 Å². The maximum absolute atomic E-state index is 12.4. The molecule has 0 spiro atoms. The van der Waals surface area contributed by atoms with Crippen LogP contribution in [0.15, 0.2) is 66.9 Å². The van der Waals surface area contributed by atoms with Crippen molar-refractivity contribution in [1.29, 1.82) is 0 Å². The zero-order chi connectivity index (χ0) is 31.3. The molecule has 44 heavy (non-hydrogen) atoms. The Morgan fingerprint density at radius 2 is 1.34 bits per heavy atom. The number of phosphoric ester groups is 1. The van der Waals surface area contributed by atoms with Crippen molar-refractivity contribution in [2.75, 3.05) is 26.9 Å². The Morgan fingerprint density at radius 3 is 1.98 bits per heavy atom. The lowest BCUT2D eigenvalue weighted by molar-refractivity contribution is -0.662. The van der Waals surface area contributed by atoms with Gasteiger partial charge >= 0.3 is 7.82 Å². The molecule has 0 radical (unpaired) electrons. The largest absolute Gasteiger partial charge is 0.746 e. The van der Waals surface area contributed by atoms with Gasteiger partial charge in [0.25, 0.3) is 0 Å². The highest BCUT2D eigenvalue weighted by molar-refractivity contribution is 7.46. The predicted octanol–water partition coefficient (Wildman–Crippen LogP) is 8.55. The molecule has 0 N–H and O–H groups in total. The van der Waals surface area contributed by atoms with Gasteiger partial charge in [0.05, 0.1) is 13.2 Å². The number of phosphoric acid groups is 1. The van der Waals surface area contributed by atoms with Crippen LogP contribution in [0, 0.1) is 0 Å². The molecule has 3 aromatic rings. The molecule has 2 atom stereocenters. The van der Waals surface area contributed by atoms with Crippen LogP contribution in [-0.4, -0.2) is 33.0 Å². The van der Waals surface area contributed by atoms with Gasteiger partial charge in [-0.25, -0.2) is 0 Å². The first-order chi connectivity index (χ1) is 21.5. The molecule has 0 fully saturated rings. The van der Waals surface area contributed by atoms with Crippen molar-refractivity contribution in [3.8, 4) is 5.75 Å². The fourth-order valence-electron chi connectivity index (χ4n) is 5.34. The van der Waals surface area contributed by atoms with Crippen LogP contribution >= 0.6 is 7.82 Å². The van der Waals surface area contributed by atoms with Gasteiger partial charge < -0.3 is 23.4 Å². The number of ether oxygens (including phenoxy) is 2. The fraction of sp³-hybridized carbons (Fsp3) is 0.583. The predicted molar refractivity (Wildman–Crippen MR) is 176 cm³/mol. The number of benzene rings is 2. The molecule has 0 aliphatic heterocycles. The molecule has 7 nitrogen and oxygen atoms in total. The van der Waals surface area contributed by atoms with Gasteiger partial charge in [-0.15, -0.1) is 0 Å². The van der Waals surface area contributed by atoms with Crippen LogP contribution in [0.2, 0.25) is 0 Å². The number of aromatic nitrogens is 1. The molecule has 0 aliphatic rings. The van der Waals surface area contributed by atoms with Crippen LogP contribution in [0.25, 0.3) is 10.9 Å². The summed E-state index contributed by atoms with van der Waals surface area (Å²) in [7, 11) is -3.04. The molecular formula is C36H54NO6P. The number of methoxy groups -OCH3 is 1. The number of rotatable bonds is 25. The lowest BCUT2D eigenvalue weighted by Gasteiger charge is -2.25. The number of pyridine rings is 1. The van der Waals surface area contributed by atoms with Gasteiger partial charge in [-0.05, 0) is 42.8 Å². The SMILES string of the molecule is CCCCCCCCCCCCCCCCOCC(COP(=O)([O-])Oc1ccc(C[n+]2cccc3ccccc32)cc1)OC. The third kappa shape index (κ3) is 14.7. The van der Waals surface area contributed by atoms with E-state index in [0.717, 1.165) is 29.3 Å². The first-order valence-corrected chi connectivity index (χ1v) is 18.2. The third-order valence-electron chi connectivity index (χ3n) is 7.98. The van der Waals surface area contributed by atoms with Crippen molar-refractivity contribution >= 4 is 18.7 Å². The Labute approximate surface area is 265 Å². The third-order valence-corrected chi connectivity index (χ3v) is 8.88. The normalized spacial score (nSPS) is 13.6. The van der Waals surface area contributed by atoms with E-state index < -0.39 is 13.9 Å². The summed E-state index contributed by atoms with van der Waals surface area (Å²) in [6.45, 7) is 3.67. The zero-order valence-electron chi connectivity index (χ0n) is 27.0. The van der Waals surface area contributed by atoms with Crippen molar-refractivity contribution in [2.45, 2.75) is 109 Å². The summed E-state index contributed by atoms with van der Waals surface area (Å²) in [5.41, 5.74) is 2.15. The highest BCUT2D eigenvalue weighted by Crippen LogP contribution is 2.39. The molecule has 1 heterocycles. The topological polar surface area (TPSA) is 80.9 Å². The maximum Gasteiger partial charge on any atom is 0.319 e. The Morgan fingerprint density at radius 1 is 0.750 bits per heavy atom. The van der Waals surface area contributed by atoms with E-state index in [2.05, 4.69) is 29.7 Å². The number of hydrogen-bond acceptors (Lipinski definition) is 6. The highest BCUT2D eigenvalue weighted by atomic mass is 31.2. The monoisotopic (exact) mass is 627 g/mol. The second-order valence-corrected chi connectivity index (χ2v) is 13.0. The molecule has 244 valence electrons. The van der Waals surface area contributed by atoms with Gasteiger partial charge in [0.2, 0.25) is 5.52 Å². The van der Waals surface area contributed by atoms with E-state index in [0.29, 0.717) is 13.2 Å². The lowest BCUT2D eigenvalue weighted by Crippen LogP contribution is -2.34. The summed E-state index contributed by atoms with van der Waals surface area (Å²) in [5.74, 6) is 0.207. The summed E-state index contributed by atoms with van der Waals surface area (Å²) in [6.07, 6.45) is 20.0. The van der Waals surface area contributed by atoms with Gasteiger partial charge in [-0.2, -0.15) is 4.57 Å². The Balaban J connectivity index is 1.23. The Bertz CT molecular complexity index is 1220. The van der Waals surface area contributed by atoms with Crippen molar-refractivity contribution < 1.29 is 32.5 Å². The Hall–Kier alpha value is -2.28. The van der Waals surface area contributed by atoms with Crippen molar-refractivity contribution in [3.05, 3.63) is 72.4 Å². The van der Waals surface area contributed by atoms with Gasteiger partial charge in [0, 0.05) is 36.8 Å². The first kappa shape index (κ1) is 36.2. The summed E-state index contributed by atoms with van der Waals surface area (Å²) < 4.78 is 36.0. The van der Waals surface area contributed by atoms with Crippen molar-refractivity contribution in [2.24, 2.45) is 0 Å². The highest BCUT2D eigenvalue weighted by Gasteiger charge is 2.17. The van der Waals surface area contributed by atoms with Crippen LogP contribution in [0.5, 0.6) is 5.75 Å². The summed E-state index contributed by atoms with van der Waals surface area (Å²) in [4.78, 5) is 12.4. The maximum atomic E-state index is 12.4. The average molecular weight is 628 g/mol. The van der Waals surface area contributed by atoms with E-state index in [1.54, 1.807) is 12.1 Å². The van der Waals surface area contributed by atoms with E-state index >= 15 is 0 Å². The van der Waals surface area contributed by atoms with Crippen LogP contribution in [0.4, 0.5) is 0 Å². The van der Waals surface area contributed by atoms with Gasteiger partial charge in [-0.1, -0.05) is 103 Å². The number of para-hydroxylation sites is 1. The molecule has 0 saturated heterocycles. The Kier molecular flexibility index (Phi) is 17.6. The lowest BCUT2D eigenvalue weighted by atomic mass is 10.0. The fourth-order valence-corrected chi connectivity index (χ4v) is 6.12. The van der Waals surface area contributed by atoms with Gasteiger partial charge in [0.1, 0.15) is 11.9 Å². The van der Waals surface area contributed by atoms with Crippen molar-refractivity contribution in [1.82, 2.24) is 0 Å². The first-order valence-electron chi connectivity index (χ1n) is 16.7. The summed E-state index contributed by atoms with van der Waals surface area (Å²) in [5, 5.41) is 1.16. The molecule has 1 aromatic heterocycles. The van der Waals surface area contributed by atoms with Gasteiger partial charge in [0.15, 0.2) is 12.7 Å².